The topological polar surface area (TPSA) is 106 Å². The quantitative estimate of drug-likeness (QED) is 0.223. The summed E-state index contributed by atoms with van der Waals surface area (Å²) in [4.78, 5) is 12.1. The largest absolute Gasteiger partial charge is 0.573 e. The van der Waals surface area contributed by atoms with E-state index in [1.807, 2.05) is 20.8 Å². The first-order valence-electron chi connectivity index (χ1n) is 13.0. The smallest absolute Gasteiger partial charge is 0.478 e. The van der Waals surface area contributed by atoms with Gasteiger partial charge >= 0.3 is 12.3 Å². The Kier molecular flexibility index (Phi) is 7.36. The molecule has 7 nitrogen and oxygen atoms in total. The number of aliphatic hydroxyl groups is 1. The van der Waals surface area contributed by atoms with Crippen molar-refractivity contribution >= 4 is 38.5 Å². The molecule has 0 aliphatic heterocycles. The molecular formula is C30H27ClF3NO6S. The standard InChI is InChI=1S/C30H27ClF3NO6S/c1-29(2,3)21-15-20(28(37)38)26(31)25(24(21)16-9-10-16)27(36)23-13-17-11-12-18(41-30(32,33)34)14-22(17)35(23)42(39,40)19-7-5-4-6-8-19/h4-8,11-16,27,36H,9-10H2,1-3H3,(H,37,38). The van der Waals surface area contributed by atoms with E-state index in [1.54, 1.807) is 6.07 Å². The van der Waals surface area contributed by atoms with Crippen LogP contribution in [0.2, 0.25) is 5.02 Å². The minimum Gasteiger partial charge on any atom is -0.478 e. The molecule has 0 bridgehead atoms. The second-order valence-corrected chi connectivity index (χ2v) is 13.4. The first kappa shape index (κ1) is 29.9. The van der Waals surface area contributed by atoms with Gasteiger partial charge in [-0.25, -0.2) is 17.2 Å². The van der Waals surface area contributed by atoms with Crippen LogP contribution in [-0.4, -0.2) is 34.9 Å². The number of ether oxygens (including phenoxy) is 1. The van der Waals surface area contributed by atoms with E-state index in [0.29, 0.717) is 11.1 Å². The normalized spacial score (nSPS) is 15.1. The molecule has 1 aliphatic rings. The van der Waals surface area contributed by atoms with Gasteiger partial charge < -0.3 is 14.9 Å². The third kappa shape index (κ3) is 5.48. The average molecular weight is 622 g/mol. The Labute approximate surface area is 245 Å². The molecule has 3 aromatic carbocycles. The van der Waals surface area contributed by atoms with E-state index in [0.717, 1.165) is 28.9 Å². The van der Waals surface area contributed by atoms with Crippen LogP contribution in [0, 0.1) is 0 Å². The van der Waals surface area contributed by atoms with Crippen LogP contribution in [0.5, 0.6) is 5.75 Å². The predicted molar refractivity (Wildman–Crippen MR) is 151 cm³/mol. The lowest BCUT2D eigenvalue weighted by Gasteiger charge is -2.29. The van der Waals surface area contributed by atoms with Gasteiger partial charge in [0, 0.05) is 17.0 Å². The van der Waals surface area contributed by atoms with Crippen LogP contribution in [0.1, 0.15) is 78.4 Å². The van der Waals surface area contributed by atoms with E-state index in [1.165, 1.54) is 42.5 Å². The third-order valence-corrected chi connectivity index (χ3v) is 9.36. The number of nitrogens with zero attached hydrogens (tertiary/aromatic N) is 1. The Morgan fingerprint density at radius 2 is 1.69 bits per heavy atom. The van der Waals surface area contributed by atoms with Crippen molar-refractivity contribution in [1.82, 2.24) is 3.97 Å². The molecule has 1 atom stereocenters. The van der Waals surface area contributed by atoms with Crippen molar-refractivity contribution in [2.75, 3.05) is 0 Å². The molecule has 12 heteroatoms. The zero-order chi connectivity index (χ0) is 30.8. The van der Waals surface area contributed by atoms with E-state index in [2.05, 4.69) is 4.74 Å². The van der Waals surface area contributed by atoms with Crippen molar-refractivity contribution in [2.24, 2.45) is 0 Å². The van der Waals surface area contributed by atoms with Crippen LogP contribution in [0.3, 0.4) is 0 Å². The lowest BCUT2D eigenvalue weighted by molar-refractivity contribution is -0.274. The predicted octanol–water partition coefficient (Wildman–Crippen LogP) is 7.39. The number of carboxylic acids is 1. The summed E-state index contributed by atoms with van der Waals surface area (Å²) in [6.45, 7) is 5.68. The van der Waals surface area contributed by atoms with E-state index in [9.17, 15) is 36.6 Å². The summed E-state index contributed by atoms with van der Waals surface area (Å²) in [5.41, 5.74) is 0.134. The molecule has 0 spiro atoms. The van der Waals surface area contributed by atoms with Gasteiger partial charge in [0.15, 0.2) is 0 Å². The molecular weight excluding hydrogens is 595 g/mol. The molecule has 4 aromatic rings. The van der Waals surface area contributed by atoms with Gasteiger partial charge in [0.25, 0.3) is 10.0 Å². The van der Waals surface area contributed by atoms with Gasteiger partial charge in [-0.3, -0.25) is 0 Å². The summed E-state index contributed by atoms with van der Waals surface area (Å²) >= 11 is 6.68. The number of aromatic carboxylic acids is 1. The molecule has 42 heavy (non-hydrogen) atoms. The maximum Gasteiger partial charge on any atom is 0.573 e. The number of aliphatic hydroxyl groups excluding tert-OH is 1. The first-order chi connectivity index (χ1) is 19.5. The van der Waals surface area contributed by atoms with Crippen LogP contribution < -0.4 is 4.74 Å². The highest BCUT2D eigenvalue weighted by atomic mass is 35.5. The van der Waals surface area contributed by atoms with Gasteiger partial charge in [-0.2, -0.15) is 0 Å². The summed E-state index contributed by atoms with van der Waals surface area (Å²) in [5, 5.41) is 21.9. The molecule has 1 aromatic heterocycles. The Morgan fingerprint density at radius 3 is 2.24 bits per heavy atom. The number of benzene rings is 3. The van der Waals surface area contributed by atoms with Crippen molar-refractivity contribution in [2.45, 2.75) is 62.3 Å². The fraction of sp³-hybridized carbons (Fsp3) is 0.300. The van der Waals surface area contributed by atoms with E-state index < -0.39 is 39.6 Å². The van der Waals surface area contributed by atoms with Crippen molar-refractivity contribution in [3.05, 3.63) is 93.6 Å². The third-order valence-electron chi connectivity index (χ3n) is 7.19. The highest BCUT2D eigenvalue weighted by Gasteiger charge is 2.39. The van der Waals surface area contributed by atoms with E-state index >= 15 is 0 Å². The SMILES string of the molecule is CC(C)(C)c1cc(C(=O)O)c(Cl)c(C(O)c2cc3ccc(OC(F)(F)F)cc3n2S(=O)(=O)c2ccccc2)c1C1CC1. The van der Waals surface area contributed by atoms with Crippen LogP contribution >= 0.6 is 11.6 Å². The van der Waals surface area contributed by atoms with Gasteiger partial charge in [0.2, 0.25) is 0 Å². The molecule has 1 unspecified atom stereocenters. The number of halogens is 4. The summed E-state index contributed by atoms with van der Waals surface area (Å²) < 4.78 is 72.1. The van der Waals surface area contributed by atoms with Crippen molar-refractivity contribution < 1.29 is 41.3 Å². The second kappa shape index (κ2) is 10.3. The maximum absolute atomic E-state index is 14.0. The molecule has 0 saturated heterocycles. The Hall–Kier alpha value is -3.54. The van der Waals surface area contributed by atoms with Gasteiger partial charge in [-0.05, 0) is 71.7 Å². The average Bonchev–Trinajstić information content (AvgIpc) is 3.66. The van der Waals surface area contributed by atoms with Gasteiger partial charge in [-0.15, -0.1) is 13.2 Å². The number of hydrogen-bond donors (Lipinski definition) is 2. The van der Waals surface area contributed by atoms with Crippen LogP contribution in [-0.2, 0) is 15.4 Å². The number of carbonyl (C=O) groups is 1. The zero-order valence-corrected chi connectivity index (χ0v) is 24.3. The summed E-state index contributed by atoms with van der Waals surface area (Å²) in [5.74, 6) is -2.02. The Bertz CT molecular complexity index is 1810. The molecule has 1 fully saturated rings. The second-order valence-electron chi connectivity index (χ2n) is 11.3. The molecule has 1 heterocycles. The number of alkyl halides is 3. The molecule has 222 valence electrons. The molecule has 1 saturated carbocycles. The van der Waals surface area contributed by atoms with Crippen LogP contribution in [0.25, 0.3) is 10.9 Å². The number of fused-ring (bicyclic) bond motifs is 1. The fourth-order valence-electron chi connectivity index (χ4n) is 5.23. The Morgan fingerprint density at radius 1 is 1.05 bits per heavy atom. The van der Waals surface area contributed by atoms with Crippen molar-refractivity contribution in [1.29, 1.82) is 0 Å². The minimum absolute atomic E-state index is 0.0421. The van der Waals surface area contributed by atoms with Crippen molar-refractivity contribution in [3.8, 4) is 5.75 Å². The van der Waals surface area contributed by atoms with Gasteiger partial charge in [0.1, 0.15) is 11.9 Å². The number of carboxylic acid groups (broad SMARTS) is 1. The van der Waals surface area contributed by atoms with Crippen LogP contribution in [0.15, 0.2) is 65.6 Å². The Balaban J connectivity index is 1.85. The minimum atomic E-state index is -5.03. The number of aromatic nitrogens is 1. The monoisotopic (exact) mass is 621 g/mol. The van der Waals surface area contributed by atoms with Crippen LogP contribution in [0.4, 0.5) is 13.2 Å². The lowest BCUT2D eigenvalue weighted by atomic mass is 9.78. The molecule has 1 aliphatic carbocycles. The summed E-state index contributed by atoms with van der Waals surface area (Å²) in [6, 6.07) is 13.3. The fourth-order valence-corrected chi connectivity index (χ4v) is 7.13. The lowest BCUT2D eigenvalue weighted by Crippen LogP contribution is -2.22. The first-order valence-corrected chi connectivity index (χ1v) is 14.8. The number of rotatable bonds is 7. The van der Waals surface area contributed by atoms with Crippen molar-refractivity contribution in [3.63, 3.8) is 0 Å². The van der Waals surface area contributed by atoms with Gasteiger partial charge in [-0.1, -0.05) is 50.6 Å². The van der Waals surface area contributed by atoms with E-state index in [-0.39, 0.29) is 43.6 Å². The maximum atomic E-state index is 14.0. The highest BCUT2D eigenvalue weighted by Crippen LogP contribution is 2.51. The molecule has 0 radical (unpaired) electrons. The van der Waals surface area contributed by atoms with E-state index in [4.69, 9.17) is 11.6 Å². The van der Waals surface area contributed by atoms with Gasteiger partial charge in [0.05, 0.1) is 26.7 Å². The number of hydrogen-bond acceptors (Lipinski definition) is 5. The molecule has 2 N–H and O–H groups in total. The highest BCUT2D eigenvalue weighted by molar-refractivity contribution is 7.90. The summed E-state index contributed by atoms with van der Waals surface area (Å²) in [6.07, 6.45) is -5.27. The molecule has 0 amide bonds. The zero-order valence-electron chi connectivity index (χ0n) is 22.7. The molecule has 5 rings (SSSR count). The summed E-state index contributed by atoms with van der Waals surface area (Å²) in [7, 11) is -4.50.